The molecule has 26 heavy (non-hydrogen) atoms. The molecule has 0 aliphatic rings. The van der Waals surface area contributed by atoms with Gasteiger partial charge in [0.2, 0.25) is 5.91 Å². The van der Waals surface area contributed by atoms with Gasteiger partial charge in [-0.3, -0.25) is 4.79 Å². The number of carbonyl (C=O) groups excluding carboxylic acids is 1. The van der Waals surface area contributed by atoms with Crippen molar-refractivity contribution in [2.24, 2.45) is 5.73 Å². The van der Waals surface area contributed by atoms with Crippen molar-refractivity contribution in [3.05, 3.63) is 53.2 Å². The number of halogens is 1. The number of benzene rings is 1. The van der Waals surface area contributed by atoms with Crippen molar-refractivity contribution in [3.63, 3.8) is 0 Å². The highest BCUT2D eigenvalue weighted by Gasteiger charge is 2.25. The molecular weight excluding hydrogens is 331 g/mol. The lowest BCUT2D eigenvalue weighted by Crippen LogP contribution is -2.29. The van der Waals surface area contributed by atoms with Gasteiger partial charge in [0.15, 0.2) is 0 Å². The van der Waals surface area contributed by atoms with Crippen molar-refractivity contribution in [2.75, 3.05) is 5.32 Å². The molecule has 0 bridgehead atoms. The van der Waals surface area contributed by atoms with Crippen molar-refractivity contribution in [1.29, 1.82) is 0 Å². The third-order valence-corrected chi connectivity index (χ3v) is 3.95. The molecule has 0 spiro atoms. The van der Waals surface area contributed by atoms with Crippen molar-refractivity contribution < 1.29 is 9.18 Å². The van der Waals surface area contributed by atoms with Gasteiger partial charge in [-0.2, -0.15) is 0 Å². The minimum absolute atomic E-state index is 0.183. The standard InChI is InChI=1S/C20H27FN4O/c1-19(2,3)14-11-15(25-18(23-14)20(4,5)6)24-16(17(22)26)12-7-9-13(21)10-8-12/h7-11,16H,1-6H3,(H2,22,26)(H,23,24,25). The van der Waals surface area contributed by atoms with Crippen LogP contribution in [0.2, 0.25) is 0 Å². The summed E-state index contributed by atoms with van der Waals surface area (Å²) in [6.45, 7) is 12.3. The van der Waals surface area contributed by atoms with Crippen LogP contribution in [0.15, 0.2) is 30.3 Å². The van der Waals surface area contributed by atoms with E-state index in [4.69, 9.17) is 10.7 Å². The van der Waals surface area contributed by atoms with Crippen molar-refractivity contribution >= 4 is 11.7 Å². The van der Waals surface area contributed by atoms with Crippen molar-refractivity contribution in [3.8, 4) is 0 Å². The molecule has 0 fully saturated rings. The van der Waals surface area contributed by atoms with E-state index in [1.54, 1.807) is 0 Å². The van der Waals surface area contributed by atoms with Crippen LogP contribution in [-0.2, 0) is 15.6 Å². The Morgan fingerprint density at radius 3 is 2.08 bits per heavy atom. The van der Waals surface area contributed by atoms with Crippen LogP contribution >= 0.6 is 0 Å². The Kier molecular flexibility index (Phi) is 5.35. The normalized spacial score (nSPS) is 13.3. The van der Waals surface area contributed by atoms with E-state index in [-0.39, 0.29) is 16.6 Å². The molecule has 2 rings (SSSR count). The van der Waals surface area contributed by atoms with Gasteiger partial charge in [-0.15, -0.1) is 0 Å². The Morgan fingerprint density at radius 1 is 1.04 bits per heavy atom. The summed E-state index contributed by atoms with van der Waals surface area (Å²) in [4.78, 5) is 21.3. The summed E-state index contributed by atoms with van der Waals surface area (Å²) in [5.41, 5.74) is 6.57. The molecule has 0 aliphatic carbocycles. The molecule has 3 N–H and O–H groups in total. The summed E-state index contributed by atoms with van der Waals surface area (Å²) in [5.74, 6) is 0.256. The predicted molar refractivity (Wildman–Crippen MR) is 101 cm³/mol. The second-order valence-electron chi connectivity index (χ2n) is 8.49. The Bertz CT molecular complexity index is 757. The van der Waals surface area contributed by atoms with E-state index >= 15 is 0 Å². The number of primary amides is 1. The Labute approximate surface area is 154 Å². The van der Waals surface area contributed by atoms with E-state index in [0.717, 1.165) is 5.69 Å². The quantitative estimate of drug-likeness (QED) is 0.870. The second kappa shape index (κ2) is 7.02. The average molecular weight is 358 g/mol. The zero-order chi connectivity index (χ0) is 19.7. The lowest BCUT2D eigenvalue weighted by atomic mass is 9.90. The van der Waals surface area contributed by atoms with Gasteiger partial charge in [0, 0.05) is 16.9 Å². The van der Waals surface area contributed by atoms with Crippen molar-refractivity contribution in [2.45, 2.75) is 58.4 Å². The Hall–Kier alpha value is -2.50. The lowest BCUT2D eigenvalue weighted by Gasteiger charge is -2.25. The Morgan fingerprint density at radius 2 is 1.62 bits per heavy atom. The fourth-order valence-corrected chi connectivity index (χ4v) is 2.36. The van der Waals surface area contributed by atoms with E-state index in [0.29, 0.717) is 17.2 Å². The molecule has 1 unspecified atom stereocenters. The number of nitrogens with one attached hydrogen (secondary N) is 1. The number of aromatic nitrogens is 2. The highest BCUT2D eigenvalue weighted by Crippen LogP contribution is 2.28. The largest absolute Gasteiger partial charge is 0.368 e. The van der Waals surface area contributed by atoms with Crippen LogP contribution in [0.3, 0.4) is 0 Å². The first-order valence-corrected chi connectivity index (χ1v) is 8.59. The van der Waals surface area contributed by atoms with E-state index in [1.807, 2.05) is 26.8 Å². The number of hydrogen-bond donors (Lipinski definition) is 2. The molecule has 1 aromatic carbocycles. The highest BCUT2D eigenvalue weighted by atomic mass is 19.1. The molecule has 1 aromatic heterocycles. The van der Waals surface area contributed by atoms with Crippen LogP contribution in [0.25, 0.3) is 0 Å². The van der Waals surface area contributed by atoms with Crippen molar-refractivity contribution in [1.82, 2.24) is 9.97 Å². The minimum atomic E-state index is -0.814. The zero-order valence-electron chi connectivity index (χ0n) is 16.2. The number of anilines is 1. The number of hydrogen-bond acceptors (Lipinski definition) is 4. The summed E-state index contributed by atoms with van der Waals surface area (Å²) in [7, 11) is 0. The molecule has 5 nitrogen and oxygen atoms in total. The van der Waals surface area contributed by atoms with E-state index in [2.05, 4.69) is 31.1 Å². The topological polar surface area (TPSA) is 80.9 Å². The fourth-order valence-electron chi connectivity index (χ4n) is 2.36. The highest BCUT2D eigenvalue weighted by molar-refractivity contribution is 5.84. The molecular formula is C20H27FN4O. The molecule has 0 aliphatic heterocycles. The molecule has 2 aromatic rings. The molecule has 0 saturated heterocycles. The van der Waals surface area contributed by atoms with Crippen LogP contribution in [0.4, 0.5) is 10.2 Å². The first-order chi connectivity index (χ1) is 11.9. The van der Waals surface area contributed by atoms with Gasteiger partial charge < -0.3 is 11.1 Å². The van der Waals surface area contributed by atoms with Gasteiger partial charge in [-0.1, -0.05) is 53.7 Å². The maximum atomic E-state index is 13.2. The predicted octanol–water partition coefficient (Wildman–Crippen LogP) is 3.85. The van der Waals surface area contributed by atoms with E-state index in [1.165, 1.54) is 24.3 Å². The molecule has 1 heterocycles. The summed E-state index contributed by atoms with van der Waals surface area (Å²) in [6, 6.07) is 6.69. The van der Waals surface area contributed by atoms with Crippen LogP contribution in [0, 0.1) is 5.82 Å². The molecule has 1 atom stereocenters. The van der Waals surface area contributed by atoms with Crippen LogP contribution in [-0.4, -0.2) is 15.9 Å². The maximum Gasteiger partial charge on any atom is 0.244 e. The number of rotatable bonds is 4. The van der Waals surface area contributed by atoms with E-state index in [9.17, 15) is 9.18 Å². The number of carbonyl (C=O) groups is 1. The first-order valence-electron chi connectivity index (χ1n) is 8.59. The molecule has 0 saturated carbocycles. The van der Waals surface area contributed by atoms with Gasteiger partial charge >= 0.3 is 0 Å². The fraction of sp³-hybridized carbons (Fsp3) is 0.450. The average Bonchev–Trinajstić information content (AvgIpc) is 2.51. The van der Waals surface area contributed by atoms with Crippen LogP contribution in [0.1, 0.15) is 64.7 Å². The number of amides is 1. The van der Waals surface area contributed by atoms with Gasteiger partial charge in [0.1, 0.15) is 23.5 Å². The first kappa shape index (κ1) is 19.8. The molecule has 0 radical (unpaired) electrons. The maximum absolute atomic E-state index is 13.2. The summed E-state index contributed by atoms with van der Waals surface area (Å²) in [5, 5.41) is 3.09. The minimum Gasteiger partial charge on any atom is -0.368 e. The summed E-state index contributed by atoms with van der Waals surface area (Å²) >= 11 is 0. The van der Waals surface area contributed by atoms with Gasteiger partial charge in [0.25, 0.3) is 0 Å². The SMILES string of the molecule is CC(C)(C)c1cc(NC(C(N)=O)c2ccc(F)cc2)nc(C(C)(C)C)n1. The Balaban J connectivity index is 2.48. The van der Waals surface area contributed by atoms with Crippen LogP contribution in [0.5, 0.6) is 0 Å². The number of nitrogens with two attached hydrogens (primary N) is 1. The smallest absolute Gasteiger partial charge is 0.244 e. The van der Waals surface area contributed by atoms with Gasteiger partial charge in [-0.05, 0) is 17.7 Å². The molecule has 140 valence electrons. The van der Waals surface area contributed by atoms with Gasteiger partial charge in [-0.25, -0.2) is 14.4 Å². The second-order valence-corrected chi connectivity index (χ2v) is 8.49. The molecule has 6 heteroatoms. The zero-order valence-corrected chi connectivity index (χ0v) is 16.2. The van der Waals surface area contributed by atoms with E-state index < -0.39 is 11.9 Å². The van der Waals surface area contributed by atoms with Gasteiger partial charge in [0.05, 0.1) is 5.69 Å². The third-order valence-electron chi connectivity index (χ3n) is 3.95. The molecule has 1 amide bonds. The summed E-state index contributed by atoms with van der Waals surface area (Å²) in [6.07, 6.45) is 0. The number of nitrogens with zero attached hydrogens (tertiary/aromatic N) is 2. The van der Waals surface area contributed by atoms with Crippen LogP contribution < -0.4 is 11.1 Å². The third kappa shape index (κ3) is 4.77. The lowest BCUT2D eigenvalue weighted by molar-refractivity contribution is -0.118. The monoisotopic (exact) mass is 358 g/mol. The summed E-state index contributed by atoms with van der Waals surface area (Å²) < 4.78 is 13.2.